The largest absolute Gasteiger partial charge is 0.475 e. The third kappa shape index (κ3) is 5.81. The van der Waals surface area contributed by atoms with E-state index in [9.17, 15) is 10.1 Å². The molecule has 0 spiro atoms. The van der Waals surface area contributed by atoms with Gasteiger partial charge < -0.3 is 24.2 Å². The molecule has 2 aromatic carbocycles. The summed E-state index contributed by atoms with van der Waals surface area (Å²) >= 11 is 0. The number of amides is 1. The first-order valence-corrected chi connectivity index (χ1v) is 15.4. The van der Waals surface area contributed by atoms with Crippen LogP contribution < -0.4 is 14.5 Å². The molecule has 6 rings (SSSR count). The number of ether oxygens (including phenoxy) is 2. The quantitative estimate of drug-likeness (QED) is 0.392. The number of anilines is 2. The lowest BCUT2D eigenvalue weighted by molar-refractivity contribution is 0.0122. The molecular formula is C34H42N6O3. The van der Waals surface area contributed by atoms with Crippen LogP contribution in [0.4, 0.5) is 16.3 Å². The smallest absolute Gasteiger partial charge is 0.410 e. The Morgan fingerprint density at radius 1 is 1.05 bits per heavy atom. The van der Waals surface area contributed by atoms with Crippen molar-refractivity contribution in [1.82, 2.24) is 14.8 Å². The Morgan fingerprint density at radius 3 is 2.47 bits per heavy atom. The van der Waals surface area contributed by atoms with Gasteiger partial charge in [-0.2, -0.15) is 10.2 Å². The van der Waals surface area contributed by atoms with Crippen LogP contribution >= 0.6 is 0 Å². The Labute approximate surface area is 254 Å². The number of carbonyl (C=O) groups is 1. The molecule has 3 aliphatic rings. The fourth-order valence-electron chi connectivity index (χ4n) is 6.77. The van der Waals surface area contributed by atoms with E-state index in [1.165, 1.54) is 16.5 Å². The van der Waals surface area contributed by atoms with Crippen LogP contribution in [0.5, 0.6) is 5.88 Å². The maximum absolute atomic E-state index is 13.1. The van der Waals surface area contributed by atoms with Crippen molar-refractivity contribution < 1.29 is 14.3 Å². The second-order valence-electron chi connectivity index (χ2n) is 13.2. The first-order chi connectivity index (χ1) is 20.6. The highest BCUT2D eigenvalue weighted by molar-refractivity contribution is 5.94. The molecule has 2 saturated heterocycles. The number of pyridine rings is 1. The van der Waals surface area contributed by atoms with Gasteiger partial charge in [-0.15, -0.1) is 0 Å². The average molecular weight is 583 g/mol. The number of likely N-dealkylation sites (N-methyl/N-ethyl adjacent to an activating group) is 1. The predicted octanol–water partition coefficient (Wildman–Crippen LogP) is 5.20. The van der Waals surface area contributed by atoms with E-state index in [2.05, 4.69) is 63.2 Å². The zero-order chi connectivity index (χ0) is 30.3. The lowest BCUT2D eigenvalue weighted by atomic mass is 9.94. The fraction of sp³-hybridized carbons (Fsp3) is 0.500. The Morgan fingerprint density at radius 2 is 1.77 bits per heavy atom. The van der Waals surface area contributed by atoms with Gasteiger partial charge in [0.15, 0.2) is 0 Å². The first kappa shape index (κ1) is 29.1. The third-order valence-corrected chi connectivity index (χ3v) is 8.72. The van der Waals surface area contributed by atoms with Crippen LogP contribution in [0.15, 0.2) is 42.5 Å². The minimum absolute atomic E-state index is 0.0653. The number of nitriles is 1. The summed E-state index contributed by atoms with van der Waals surface area (Å²) in [5.74, 6) is 1.30. The monoisotopic (exact) mass is 582 g/mol. The summed E-state index contributed by atoms with van der Waals surface area (Å²) in [6, 6.07) is 17.5. The fourth-order valence-corrected chi connectivity index (χ4v) is 6.77. The number of rotatable bonds is 6. The van der Waals surface area contributed by atoms with E-state index in [1.54, 1.807) is 0 Å². The molecule has 2 atom stereocenters. The van der Waals surface area contributed by atoms with Gasteiger partial charge in [0, 0.05) is 54.9 Å². The predicted molar refractivity (Wildman–Crippen MR) is 169 cm³/mol. The second-order valence-corrected chi connectivity index (χ2v) is 13.2. The molecule has 1 aromatic heterocycles. The maximum atomic E-state index is 13.1. The second kappa shape index (κ2) is 11.6. The molecule has 226 valence electrons. The van der Waals surface area contributed by atoms with Gasteiger partial charge in [0.2, 0.25) is 5.88 Å². The van der Waals surface area contributed by atoms with Gasteiger partial charge in [-0.05, 0) is 65.6 Å². The average Bonchev–Trinajstić information content (AvgIpc) is 3.24. The maximum Gasteiger partial charge on any atom is 0.410 e. The van der Waals surface area contributed by atoms with Crippen molar-refractivity contribution in [3.05, 3.63) is 59.2 Å². The van der Waals surface area contributed by atoms with Crippen molar-refractivity contribution in [3.63, 3.8) is 0 Å². The van der Waals surface area contributed by atoms with E-state index in [0.29, 0.717) is 37.7 Å². The molecule has 3 aliphatic heterocycles. The van der Waals surface area contributed by atoms with E-state index < -0.39 is 5.60 Å². The molecule has 2 bridgehead atoms. The van der Waals surface area contributed by atoms with E-state index in [1.807, 2.05) is 39.8 Å². The van der Waals surface area contributed by atoms with Crippen molar-refractivity contribution in [2.24, 2.45) is 0 Å². The minimum Gasteiger partial charge on any atom is -0.475 e. The number of benzene rings is 2. The summed E-state index contributed by atoms with van der Waals surface area (Å²) in [6.07, 6.45) is 2.43. The summed E-state index contributed by atoms with van der Waals surface area (Å²) in [6.45, 7) is 9.71. The minimum atomic E-state index is -0.532. The van der Waals surface area contributed by atoms with E-state index in [4.69, 9.17) is 14.5 Å². The summed E-state index contributed by atoms with van der Waals surface area (Å²) < 4.78 is 12.0. The molecule has 1 amide bonds. The van der Waals surface area contributed by atoms with Gasteiger partial charge >= 0.3 is 6.09 Å². The molecular weight excluding hydrogens is 540 g/mol. The van der Waals surface area contributed by atoms with Crippen LogP contribution in [0.25, 0.3) is 10.8 Å². The lowest BCUT2D eigenvalue weighted by Gasteiger charge is -2.43. The van der Waals surface area contributed by atoms with Gasteiger partial charge in [-0.25, -0.2) is 4.79 Å². The molecule has 0 radical (unpaired) electrons. The van der Waals surface area contributed by atoms with Crippen LogP contribution in [0.3, 0.4) is 0 Å². The third-order valence-electron chi connectivity index (χ3n) is 8.72. The van der Waals surface area contributed by atoms with Crippen LogP contribution in [-0.4, -0.2) is 85.4 Å². The first-order valence-electron chi connectivity index (χ1n) is 15.4. The van der Waals surface area contributed by atoms with Crippen LogP contribution in [-0.2, 0) is 17.7 Å². The highest BCUT2D eigenvalue weighted by atomic mass is 16.6. The van der Waals surface area contributed by atoms with Crippen LogP contribution in [0, 0.1) is 11.3 Å². The summed E-state index contributed by atoms with van der Waals surface area (Å²) in [5.41, 5.74) is 3.28. The zero-order valence-electron chi connectivity index (χ0n) is 26.0. The number of piperazine rings is 1. The topological polar surface area (TPSA) is 85.2 Å². The van der Waals surface area contributed by atoms with Crippen molar-refractivity contribution in [3.8, 4) is 11.9 Å². The summed E-state index contributed by atoms with van der Waals surface area (Å²) in [5, 5.41) is 12.8. The van der Waals surface area contributed by atoms with E-state index >= 15 is 0 Å². The molecule has 0 saturated carbocycles. The standard InChI is InChI=1S/C34H42N6O3/c1-34(2,3)43-33(41)40-24-13-14-25(40)21-39(20-24)31-27-15-16-38(30-12-8-10-23-9-6-7-11-26(23)30)22-29(27)28(19-35)32(36-31)42-18-17-37(4)5/h6-12,24-25H,13-18,20-22H2,1-5H3. The number of nitrogens with zero attached hydrogens (tertiary/aromatic N) is 6. The Kier molecular flexibility index (Phi) is 7.82. The highest BCUT2D eigenvalue weighted by Crippen LogP contribution is 2.40. The SMILES string of the molecule is CN(C)CCOc1nc(N2CC3CCC(C2)N3C(=O)OC(C)(C)C)c2c(c1C#N)CN(c1cccc3ccccc13)CC2. The number of hydrogen-bond donors (Lipinski definition) is 0. The molecule has 43 heavy (non-hydrogen) atoms. The van der Waals surface area contributed by atoms with Gasteiger partial charge in [-0.1, -0.05) is 36.4 Å². The van der Waals surface area contributed by atoms with E-state index in [-0.39, 0.29) is 18.2 Å². The Hall–Kier alpha value is -4.03. The molecule has 4 heterocycles. The summed E-state index contributed by atoms with van der Waals surface area (Å²) in [7, 11) is 4.00. The van der Waals surface area contributed by atoms with Crippen LogP contribution in [0.2, 0.25) is 0 Å². The molecule has 2 fully saturated rings. The normalized spacial score (nSPS) is 19.9. The lowest BCUT2D eigenvalue weighted by Crippen LogP contribution is -2.57. The highest BCUT2D eigenvalue weighted by Gasteiger charge is 2.45. The number of fused-ring (bicyclic) bond motifs is 4. The van der Waals surface area contributed by atoms with Crippen LogP contribution in [0.1, 0.15) is 50.3 Å². The number of hydrogen-bond acceptors (Lipinski definition) is 8. The molecule has 0 N–H and O–H groups in total. The Bertz CT molecular complexity index is 1540. The number of aromatic nitrogens is 1. The van der Waals surface area contributed by atoms with Gasteiger partial charge in [-0.3, -0.25) is 4.90 Å². The van der Waals surface area contributed by atoms with Crippen molar-refractivity contribution in [1.29, 1.82) is 5.26 Å². The zero-order valence-corrected chi connectivity index (χ0v) is 26.0. The van der Waals surface area contributed by atoms with Gasteiger partial charge in [0.1, 0.15) is 29.7 Å². The van der Waals surface area contributed by atoms with E-state index in [0.717, 1.165) is 49.3 Å². The summed E-state index contributed by atoms with van der Waals surface area (Å²) in [4.78, 5) is 26.9. The van der Waals surface area contributed by atoms with Gasteiger partial charge in [0.25, 0.3) is 0 Å². The Balaban J connectivity index is 1.36. The molecule has 3 aromatic rings. The molecule has 0 aliphatic carbocycles. The molecule has 2 unspecified atom stereocenters. The van der Waals surface area contributed by atoms with Gasteiger partial charge in [0.05, 0.1) is 12.1 Å². The molecule has 9 nitrogen and oxygen atoms in total. The molecule has 9 heteroatoms. The van der Waals surface area contributed by atoms with Crippen molar-refractivity contribution in [2.75, 3.05) is 56.7 Å². The van der Waals surface area contributed by atoms with Crippen molar-refractivity contribution >= 4 is 28.4 Å². The number of carbonyl (C=O) groups excluding carboxylic acids is 1. The van der Waals surface area contributed by atoms with Crippen molar-refractivity contribution in [2.45, 2.75) is 64.3 Å².